The molecule has 2 rings (SSSR count). The van der Waals surface area contributed by atoms with Crippen LogP contribution in [0.15, 0.2) is 48.5 Å². The van der Waals surface area contributed by atoms with Crippen molar-refractivity contribution in [3.05, 3.63) is 65.2 Å². The maximum atomic E-state index is 12.6. The average molecular weight is 395 g/mol. The van der Waals surface area contributed by atoms with Crippen molar-refractivity contribution in [3.63, 3.8) is 0 Å². The Bertz CT molecular complexity index is 760. The third-order valence-corrected chi connectivity index (χ3v) is 4.24. The van der Waals surface area contributed by atoms with Crippen molar-refractivity contribution in [2.45, 2.75) is 32.0 Å². The fourth-order valence-electron chi connectivity index (χ4n) is 2.66. The third kappa shape index (κ3) is 6.88. The SMILES string of the molecule is COCCOc1cccc(CNC(=O)CC(C)c2ccc(C(F)(F)F)cc2)c1. The van der Waals surface area contributed by atoms with Gasteiger partial charge in [-0.25, -0.2) is 0 Å². The second-order valence-corrected chi connectivity index (χ2v) is 6.49. The minimum atomic E-state index is -4.36. The molecule has 7 heteroatoms. The fraction of sp³-hybridized carbons (Fsp3) is 0.381. The van der Waals surface area contributed by atoms with Gasteiger partial charge in [0.25, 0.3) is 0 Å². The van der Waals surface area contributed by atoms with Gasteiger partial charge in [0.1, 0.15) is 12.4 Å². The molecule has 1 amide bonds. The van der Waals surface area contributed by atoms with Gasteiger partial charge in [0.2, 0.25) is 5.91 Å². The van der Waals surface area contributed by atoms with Crippen molar-refractivity contribution < 1.29 is 27.4 Å². The van der Waals surface area contributed by atoms with Gasteiger partial charge in [0.15, 0.2) is 0 Å². The number of benzene rings is 2. The van der Waals surface area contributed by atoms with Crippen LogP contribution in [0.5, 0.6) is 5.75 Å². The second kappa shape index (κ2) is 10.1. The molecular weight excluding hydrogens is 371 g/mol. The number of halogens is 3. The summed E-state index contributed by atoms with van der Waals surface area (Å²) in [7, 11) is 1.60. The van der Waals surface area contributed by atoms with Crippen LogP contribution in [0.4, 0.5) is 13.2 Å². The molecule has 0 aliphatic rings. The fourth-order valence-corrected chi connectivity index (χ4v) is 2.66. The number of nitrogens with one attached hydrogen (secondary N) is 1. The molecule has 0 bridgehead atoms. The molecule has 0 saturated carbocycles. The van der Waals surface area contributed by atoms with Crippen molar-refractivity contribution in [2.24, 2.45) is 0 Å². The average Bonchev–Trinajstić information content (AvgIpc) is 2.66. The smallest absolute Gasteiger partial charge is 0.416 e. The lowest BCUT2D eigenvalue weighted by Crippen LogP contribution is -2.24. The molecule has 0 saturated heterocycles. The highest BCUT2D eigenvalue weighted by molar-refractivity contribution is 5.76. The molecule has 0 aliphatic carbocycles. The minimum absolute atomic E-state index is 0.168. The number of hydrogen-bond acceptors (Lipinski definition) is 3. The topological polar surface area (TPSA) is 47.6 Å². The van der Waals surface area contributed by atoms with E-state index in [0.29, 0.717) is 31.1 Å². The van der Waals surface area contributed by atoms with E-state index in [1.165, 1.54) is 12.1 Å². The number of methoxy groups -OCH3 is 1. The molecule has 2 aromatic rings. The summed E-state index contributed by atoms with van der Waals surface area (Å²) in [6.45, 7) is 3.09. The molecule has 0 aromatic heterocycles. The standard InChI is InChI=1S/C21H24F3NO3/c1-15(17-6-8-18(9-7-17)21(22,23)24)12-20(26)25-14-16-4-3-5-19(13-16)28-11-10-27-2/h3-9,13,15H,10-12,14H2,1-2H3,(H,25,26). The molecule has 1 N–H and O–H groups in total. The van der Waals surface area contributed by atoms with E-state index < -0.39 is 11.7 Å². The van der Waals surface area contributed by atoms with E-state index in [9.17, 15) is 18.0 Å². The van der Waals surface area contributed by atoms with Crippen LogP contribution in [0, 0.1) is 0 Å². The van der Waals surface area contributed by atoms with Crippen molar-refractivity contribution >= 4 is 5.91 Å². The van der Waals surface area contributed by atoms with Crippen molar-refractivity contribution in [1.29, 1.82) is 0 Å². The number of hydrogen-bond donors (Lipinski definition) is 1. The monoisotopic (exact) mass is 395 g/mol. The van der Waals surface area contributed by atoms with Crippen LogP contribution < -0.4 is 10.1 Å². The molecule has 2 aromatic carbocycles. The van der Waals surface area contributed by atoms with Crippen molar-refractivity contribution in [2.75, 3.05) is 20.3 Å². The number of carbonyl (C=O) groups excluding carboxylic acids is 1. The quantitative estimate of drug-likeness (QED) is 0.634. The number of rotatable bonds is 9. The molecule has 0 heterocycles. The van der Waals surface area contributed by atoms with Gasteiger partial charge in [-0.15, -0.1) is 0 Å². The Hall–Kier alpha value is -2.54. The highest BCUT2D eigenvalue weighted by Crippen LogP contribution is 2.30. The Labute approximate surface area is 162 Å². The van der Waals surface area contributed by atoms with E-state index in [0.717, 1.165) is 17.7 Å². The largest absolute Gasteiger partial charge is 0.491 e. The Morgan fingerprint density at radius 1 is 1.11 bits per heavy atom. The maximum absolute atomic E-state index is 12.6. The van der Waals surface area contributed by atoms with Gasteiger partial charge in [0, 0.05) is 20.1 Å². The van der Waals surface area contributed by atoms with Gasteiger partial charge in [0.05, 0.1) is 12.2 Å². The number of ether oxygens (including phenoxy) is 2. The summed E-state index contributed by atoms with van der Waals surface area (Å²) >= 11 is 0. The molecule has 152 valence electrons. The van der Waals surface area contributed by atoms with Crippen LogP contribution in [0.1, 0.15) is 36.0 Å². The van der Waals surface area contributed by atoms with Crippen LogP contribution in [0.3, 0.4) is 0 Å². The van der Waals surface area contributed by atoms with Crippen LogP contribution in [-0.4, -0.2) is 26.2 Å². The first kappa shape index (κ1) is 21.8. The summed E-state index contributed by atoms with van der Waals surface area (Å²) in [5.41, 5.74) is 0.891. The predicted octanol–water partition coefficient (Wildman–Crippen LogP) is 4.54. The van der Waals surface area contributed by atoms with E-state index in [-0.39, 0.29) is 18.2 Å². The van der Waals surface area contributed by atoms with Crippen molar-refractivity contribution in [1.82, 2.24) is 5.32 Å². The van der Waals surface area contributed by atoms with Crippen LogP contribution in [-0.2, 0) is 22.3 Å². The zero-order valence-electron chi connectivity index (χ0n) is 15.9. The summed E-state index contributed by atoms with van der Waals surface area (Å²) in [5, 5.41) is 2.83. The van der Waals surface area contributed by atoms with E-state index in [4.69, 9.17) is 9.47 Å². The Kier molecular flexibility index (Phi) is 7.87. The van der Waals surface area contributed by atoms with Gasteiger partial charge >= 0.3 is 6.18 Å². The Morgan fingerprint density at radius 3 is 2.46 bits per heavy atom. The van der Waals surface area contributed by atoms with Gasteiger partial charge in [-0.1, -0.05) is 31.2 Å². The summed E-state index contributed by atoms with van der Waals surface area (Å²) in [6.07, 6.45) is -4.17. The van der Waals surface area contributed by atoms with Crippen LogP contribution in [0.2, 0.25) is 0 Å². The Morgan fingerprint density at radius 2 is 1.82 bits per heavy atom. The summed E-state index contributed by atoms with van der Waals surface area (Å²) in [4.78, 5) is 12.2. The number of carbonyl (C=O) groups is 1. The van der Waals surface area contributed by atoms with Gasteiger partial charge in [-0.2, -0.15) is 13.2 Å². The first-order chi connectivity index (χ1) is 13.3. The zero-order valence-corrected chi connectivity index (χ0v) is 15.9. The third-order valence-electron chi connectivity index (χ3n) is 4.24. The minimum Gasteiger partial charge on any atom is -0.491 e. The molecule has 28 heavy (non-hydrogen) atoms. The van der Waals surface area contributed by atoms with Crippen molar-refractivity contribution in [3.8, 4) is 5.75 Å². The highest BCUT2D eigenvalue weighted by Gasteiger charge is 2.30. The number of amides is 1. The van der Waals surface area contributed by atoms with E-state index in [1.807, 2.05) is 31.2 Å². The number of alkyl halides is 3. The van der Waals surface area contributed by atoms with E-state index in [1.54, 1.807) is 7.11 Å². The highest BCUT2D eigenvalue weighted by atomic mass is 19.4. The molecule has 1 unspecified atom stereocenters. The predicted molar refractivity (Wildman–Crippen MR) is 100 cm³/mol. The summed E-state index contributed by atoms with van der Waals surface area (Å²) in [6, 6.07) is 12.3. The molecule has 0 spiro atoms. The lowest BCUT2D eigenvalue weighted by atomic mass is 9.96. The first-order valence-electron chi connectivity index (χ1n) is 8.94. The molecule has 1 atom stereocenters. The maximum Gasteiger partial charge on any atom is 0.416 e. The lowest BCUT2D eigenvalue weighted by Gasteiger charge is -2.14. The van der Waals surface area contributed by atoms with Crippen LogP contribution >= 0.6 is 0 Å². The summed E-state index contributed by atoms with van der Waals surface area (Å²) in [5.74, 6) is 0.339. The Balaban J connectivity index is 1.84. The molecule has 0 aliphatic heterocycles. The first-order valence-corrected chi connectivity index (χ1v) is 8.94. The van der Waals surface area contributed by atoms with Gasteiger partial charge < -0.3 is 14.8 Å². The zero-order chi connectivity index (χ0) is 20.6. The van der Waals surface area contributed by atoms with E-state index in [2.05, 4.69) is 5.32 Å². The summed E-state index contributed by atoms with van der Waals surface area (Å²) < 4.78 is 48.3. The lowest BCUT2D eigenvalue weighted by molar-refractivity contribution is -0.137. The van der Waals surface area contributed by atoms with Crippen LogP contribution in [0.25, 0.3) is 0 Å². The second-order valence-electron chi connectivity index (χ2n) is 6.49. The molecule has 0 fully saturated rings. The normalized spacial score (nSPS) is 12.5. The van der Waals surface area contributed by atoms with E-state index >= 15 is 0 Å². The molecule has 4 nitrogen and oxygen atoms in total. The molecule has 0 radical (unpaired) electrons. The molecular formula is C21H24F3NO3. The van der Waals surface area contributed by atoms with Gasteiger partial charge in [-0.3, -0.25) is 4.79 Å². The van der Waals surface area contributed by atoms with Gasteiger partial charge in [-0.05, 0) is 41.3 Å².